The maximum absolute atomic E-state index is 6.07. The number of ether oxygens (including phenoxy) is 1. The number of pyridine rings is 3. The molecule has 6 nitrogen and oxygen atoms in total. The van der Waals surface area contributed by atoms with Crippen molar-refractivity contribution in [3.63, 3.8) is 0 Å². The summed E-state index contributed by atoms with van der Waals surface area (Å²) in [7, 11) is 0. The zero-order valence-corrected chi connectivity index (χ0v) is 20.8. The Kier molecular flexibility index (Phi) is 6.63. The molecule has 7 heteroatoms. The van der Waals surface area contributed by atoms with Crippen LogP contribution in [0.4, 0.5) is 0 Å². The number of rotatable bonds is 9. The van der Waals surface area contributed by atoms with E-state index in [9.17, 15) is 0 Å². The molecule has 1 aromatic carbocycles. The van der Waals surface area contributed by atoms with Crippen LogP contribution in [0.25, 0.3) is 33.4 Å². The van der Waals surface area contributed by atoms with Crippen LogP contribution < -0.4 is 4.74 Å². The highest BCUT2D eigenvalue weighted by molar-refractivity contribution is 7.98. The number of benzene rings is 1. The summed E-state index contributed by atoms with van der Waals surface area (Å²) in [5.41, 5.74) is 7.52. The highest BCUT2D eigenvalue weighted by Gasteiger charge is 2.25. The largest absolute Gasteiger partial charge is 0.493 e. The van der Waals surface area contributed by atoms with Crippen molar-refractivity contribution in [3.05, 3.63) is 90.6 Å². The molecule has 0 spiro atoms. The van der Waals surface area contributed by atoms with Gasteiger partial charge >= 0.3 is 0 Å². The molecular formula is C29H27N5OS. The van der Waals surface area contributed by atoms with E-state index in [0.29, 0.717) is 6.61 Å². The Morgan fingerprint density at radius 2 is 1.83 bits per heavy atom. The lowest BCUT2D eigenvalue weighted by atomic mass is 9.96. The zero-order chi connectivity index (χ0) is 24.2. The third-order valence-corrected chi connectivity index (χ3v) is 7.49. The third kappa shape index (κ3) is 4.71. The molecule has 1 aliphatic rings. The minimum atomic E-state index is 0.682. The van der Waals surface area contributed by atoms with Gasteiger partial charge in [-0.1, -0.05) is 12.1 Å². The molecule has 0 unspecified atom stereocenters. The van der Waals surface area contributed by atoms with E-state index in [4.69, 9.17) is 9.84 Å². The minimum absolute atomic E-state index is 0.682. The van der Waals surface area contributed by atoms with Crippen molar-refractivity contribution in [1.82, 2.24) is 24.7 Å². The molecule has 0 saturated carbocycles. The van der Waals surface area contributed by atoms with Crippen molar-refractivity contribution in [2.45, 2.75) is 31.6 Å². The molecular weight excluding hydrogens is 466 g/mol. The Morgan fingerprint density at radius 1 is 0.917 bits per heavy atom. The Bertz CT molecular complexity index is 1470. The summed E-state index contributed by atoms with van der Waals surface area (Å²) in [5.74, 6) is 2.82. The lowest BCUT2D eigenvalue weighted by molar-refractivity contribution is 0.319. The fourth-order valence-corrected chi connectivity index (χ4v) is 5.59. The second-order valence-electron chi connectivity index (χ2n) is 8.83. The summed E-state index contributed by atoms with van der Waals surface area (Å²) in [4.78, 5) is 13.6. The van der Waals surface area contributed by atoms with Gasteiger partial charge in [0.05, 0.1) is 23.5 Å². The van der Waals surface area contributed by atoms with Gasteiger partial charge in [-0.3, -0.25) is 19.6 Å². The van der Waals surface area contributed by atoms with Crippen molar-refractivity contribution in [1.29, 1.82) is 0 Å². The summed E-state index contributed by atoms with van der Waals surface area (Å²) >= 11 is 1.89. The normalized spacial score (nSPS) is 12.7. The van der Waals surface area contributed by atoms with E-state index in [1.807, 2.05) is 66.8 Å². The summed E-state index contributed by atoms with van der Waals surface area (Å²) in [6, 6.07) is 20.4. The van der Waals surface area contributed by atoms with Gasteiger partial charge in [-0.05, 0) is 73.0 Å². The predicted molar refractivity (Wildman–Crippen MR) is 145 cm³/mol. The lowest BCUT2D eigenvalue weighted by Crippen LogP contribution is -1.99. The SMILES string of the molecule is c1ccc(CSCCCOc2ccc3c(-c4c(-c5ccccn5)nn5c4CCC5)ccnc3c2)nc1. The molecule has 4 aromatic heterocycles. The topological polar surface area (TPSA) is 65.7 Å². The van der Waals surface area contributed by atoms with Crippen LogP contribution in [0.3, 0.4) is 0 Å². The van der Waals surface area contributed by atoms with E-state index in [1.165, 1.54) is 11.3 Å². The lowest BCUT2D eigenvalue weighted by Gasteiger charge is -2.11. The minimum Gasteiger partial charge on any atom is -0.493 e. The molecule has 0 amide bonds. The van der Waals surface area contributed by atoms with E-state index in [-0.39, 0.29) is 0 Å². The molecule has 0 N–H and O–H groups in total. The quantitative estimate of drug-likeness (QED) is 0.228. The first-order chi connectivity index (χ1) is 17.9. The number of aromatic nitrogens is 5. The monoisotopic (exact) mass is 493 g/mol. The molecule has 0 fully saturated rings. The van der Waals surface area contributed by atoms with Gasteiger partial charge in [-0.2, -0.15) is 16.9 Å². The van der Waals surface area contributed by atoms with Crippen LogP contribution >= 0.6 is 11.8 Å². The average molecular weight is 494 g/mol. The van der Waals surface area contributed by atoms with Gasteiger partial charge in [0.25, 0.3) is 0 Å². The first-order valence-electron chi connectivity index (χ1n) is 12.4. The average Bonchev–Trinajstić information content (AvgIpc) is 3.53. The molecule has 5 heterocycles. The molecule has 6 rings (SSSR count). The first-order valence-corrected chi connectivity index (χ1v) is 13.5. The summed E-state index contributed by atoms with van der Waals surface area (Å²) in [5, 5.41) is 6.06. The molecule has 0 bridgehead atoms. The molecule has 0 saturated heterocycles. The highest BCUT2D eigenvalue weighted by atomic mass is 32.2. The fourth-order valence-electron chi connectivity index (χ4n) is 4.74. The van der Waals surface area contributed by atoms with E-state index < -0.39 is 0 Å². The second kappa shape index (κ2) is 10.5. The van der Waals surface area contributed by atoms with Gasteiger partial charge in [0.1, 0.15) is 11.4 Å². The summed E-state index contributed by atoms with van der Waals surface area (Å²) in [6.45, 7) is 1.64. The molecule has 180 valence electrons. The second-order valence-corrected chi connectivity index (χ2v) is 9.93. The van der Waals surface area contributed by atoms with Gasteiger partial charge in [-0.15, -0.1) is 0 Å². The maximum atomic E-state index is 6.07. The Balaban J connectivity index is 1.19. The Morgan fingerprint density at radius 3 is 2.69 bits per heavy atom. The number of hydrogen-bond donors (Lipinski definition) is 0. The van der Waals surface area contributed by atoms with Gasteiger partial charge in [0.2, 0.25) is 0 Å². The van der Waals surface area contributed by atoms with E-state index in [1.54, 1.807) is 0 Å². The molecule has 5 aromatic rings. The summed E-state index contributed by atoms with van der Waals surface area (Å²) < 4.78 is 8.22. The standard InChI is InChI=1S/C29H27N5OS/c1-3-13-30-21(7-1)20-36-18-6-17-35-22-10-11-23-24(12-15-32-26(23)19-22)28-27-9-5-16-34(27)33-29(28)25-8-2-4-14-31-25/h1-4,7-8,10-15,19H,5-6,9,16-18,20H2. The highest BCUT2D eigenvalue weighted by Crippen LogP contribution is 2.40. The zero-order valence-electron chi connectivity index (χ0n) is 20.0. The van der Waals surface area contributed by atoms with Gasteiger partial charge in [-0.25, -0.2) is 0 Å². The van der Waals surface area contributed by atoms with Crippen molar-refractivity contribution >= 4 is 22.7 Å². The van der Waals surface area contributed by atoms with Crippen LogP contribution in [0.15, 0.2) is 79.3 Å². The van der Waals surface area contributed by atoms with Crippen LogP contribution in [0.5, 0.6) is 5.75 Å². The third-order valence-electron chi connectivity index (χ3n) is 6.41. The van der Waals surface area contributed by atoms with Crippen LogP contribution in [0, 0.1) is 0 Å². The van der Waals surface area contributed by atoms with E-state index >= 15 is 0 Å². The molecule has 36 heavy (non-hydrogen) atoms. The Hall–Kier alpha value is -3.71. The van der Waals surface area contributed by atoms with Crippen LogP contribution in [-0.4, -0.2) is 37.1 Å². The Labute approximate surface area is 214 Å². The van der Waals surface area contributed by atoms with Crippen LogP contribution in [0.2, 0.25) is 0 Å². The maximum Gasteiger partial charge on any atom is 0.121 e. The van der Waals surface area contributed by atoms with Gasteiger partial charge in [0.15, 0.2) is 0 Å². The van der Waals surface area contributed by atoms with Crippen molar-refractivity contribution in [2.75, 3.05) is 12.4 Å². The molecule has 0 aliphatic carbocycles. The van der Waals surface area contributed by atoms with Crippen molar-refractivity contribution < 1.29 is 4.74 Å². The van der Waals surface area contributed by atoms with Crippen LogP contribution in [-0.2, 0) is 18.7 Å². The van der Waals surface area contributed by atoms with Crippen molar-refractivity contribution in [3.8, 4) is 28.3 Å². The predicted octanol–water partition coefficient (Wildman–Crippen LogP) is 6.20. The van der Waals surface area contributed by atoms with Gasteiger partial charge in [0, 0.05) is 53.6 Å². The van der Waals surface area contributed by atoms with E-state index in [2.05, 4.69) is 43.9 Å². The molecule has 1 aliphatic heterocycles. The molecule has 0 atom stereocenters. The number of nitrogens with zero attached hydrogens (tertiary/aromatic N) is 5. The number of thioether (sulfide) groups is 1. The van der Waals surface area contributed by atoms with E-state index in [0.717, 1.165) is 76.6 Å². The smallest absolute Gasteiger partial charge is 0.121 e. The molecule has 0 radical (unpaired) electrons. The fraction of sp³-hybridized carbons (Fsp3) is 0.241. The number of hydrogen-bond acceptors (Lipinski definition) is 6. The first kappa shape index (κ1) is 22.7. The van der Waals surface area contributed by atoms with Crippen LogP contribution in [0.1, 0.15) is 24.2 Å². The van der Waals surface area contributed by atoms with Gasteiger partial charge < -0.3 is 4.74 Å². The number of fused-ring (bicyclic) bond motifs is 2. The number of aryl methyl sites for hydroxylation is 1. The van der Waals surface area contributed by atoms with Crippen molar-refractivity contribution in [2.24, 2.45) is 0 Å². The summed E-state index contributed by atoms with van der Waals surface area (Å²) in [6.07, 6.45) is 8.69.